The second-order valence-electron chi connectivity index (χ2n) is 3.35. The molecule has 0 aliphatic rings. The highest BCUT2D eigenvalue weighted by Gasteiger charge is 2.09. The van der Waals surface area contributed by atoms with Crippen LogP contribution in [0, 0.1) is 0 Å². The van der Waals surface area contributed by atoms with Crippen molar-refractivity contribution in [3.05, 3.63) is 52.0 Å². The molecule has 0 aliphatic carbocycles. The Kier molecular flexibility index (Phi) is 3.70. The lowest BCUT2D eigenvalue weighted by Crippen LogP contribution is -2.00. The van der Waals surface area contributed by atoms with Gasteiger partial charge >= 0.3 is 0 Å². The molecule has 0 saturated carbocycles. The Hall–Kier alpha value is -1.19. The molecule has 0 amide bonds. The number of carbonyl (C=O) groups is 1. The molecule has 2 rings (SSSR count). The number of ketones is 1. The topological polar surface area (TPSA) is 30.0 Å². The van der Waals surface area contributed by atoms with Gasteiger partial charge in [0.25, 0.3) is 0 Å². The summed E-state index contributed by atoms with van der Waals surface area (Å²) in [5.41, 5.74) is 1.67. The van der Waals surface area contributed by atoms with Crippen LogP contribution in [-0.2, 0) is 6.42 Å². The summed E-state index contributed by atoms with van der Waals surface area (Å²) in [7, 11) is 0. The monoisotopic (exact) mass is 251 g/mol. The van der Waals surface area contributed by atoms with E-state index in [4.69, 9.17) is 11.6 Å². The van der Waals surface area contributed by atoms with Gasteiger partial charge in [-0.15, -0.1) is 22.9 Å². The van der Waals surface area contributed by atoms with Gasteiger partial charge in [0.1, 0.15) is 5.69 Å². The van der Waals surface area contributed by atoms with Gasteiger partial charge in [-0.1, -0.05) is 30.3 Å². The molecule has 0 bridgehead atoms. The molecule has 16 heavy (non-hydrogen) atoms. The molecule has 0 radical (unpaired) electrons. The van der Waals surface area contributed by atoms with Crippen molar-refractivity contribution in [2.24, 2.45) is 0 Å². The molecule has 0 atom stereocenters. The Morgan fingerprint density at radius 2 is 2.06 bits per heavy atom. The Morgan fingerprint density at radius 3 is 2.75 bits per heavy atom. The summed E-state index contributed by atoms with van der Waals surface area (Å²) < 4.78 is 0. The molecule has 0 aliphatic heterocycles. The number of Topliss-reactive ketones (excluding diaryl/α,β-unsaturated/α-hetero) is 1. The lowest BCUT2D eigenvalue weighted by molar-refractivity contribution is 0.101. The standard InChI is InChI=1S/C12H10ClNOS/c13-7-11(15)10-8-16-12(14-10)6-9-4-2-1-3-5-9/h1-5,8H,6-7H2. The van der Waals surface area contributed by atoms with Gasteiger partial charge < -0.3 is 0 Å². The van der Waals surface area contributed by atoms with E-state index in [0.717, 1.165) is 11.4 Å². The van der Waals surface area contributed by atoms with Crippen molar-refractivity contribution in [3.8, 4) is 0 Å². The number of thiazole rings is 1. The van der Waals surface area contributed by atoms with E-state index < -0.39 is 0 Å². The summed E-state index contributed by atoms with van der Waals surface area (Å²) in [6.45, 7) is 0. The maximum atomic E-state index is 11.3. The average Bonchev–Trinajstić information content (AvgIpc) is 2.78. The van der Waals surface area contributed by atoms with Crippen LogP contribution in [0.4, 0.5) is 0 Å². The Labute approximate surface area is 103 Å². The fourth-order valence-electron chi connectivity index (χ4n) is 1.36. The molecule has 0 unspecified atom stereocenters. The maximum Gasteiger partial charge on any atom is 0.196 e. The van der Waals surface area contributed by atoms with Crippen molar-refractivity contribution in [2.45, 2.75) is 6.42 Å². The number of benzene rings is 1. The fourth-order valence-corrected chi connectivity index (χ4v) is 2.33. The molecule has 2 nitrogen and oxygen atoms in total. The fraction of sp³-hybridized carbons (Fsp3) is 0.167. The molecule has 0 N–H and O–H groups in total. The summed E-state index contributed by atoms with van der Waals surface area (Å²) in [6, 6.07) is 10.1. The predicted octanol–water partition coefficient (Wildman–Crippen LogP) is 3.16. The van der Waals surface area contributed by atoms with Crippen molar-refractivity contribution < 1.29 is 4.79 Å². The number of hydrogen-bond donors (Lipinski definition) is 0. The van der Waals surface area contributed by atoms with Crippen LogP contribution in [0.15, 0.2) is 35.7 Å². The van der Waals surface area contributed by atoms with Gasteiger partial charge in [-0.2, -0.15) is 0 Å². The van der Waals surface area contributed by atoms with Crippen molar-refractivity contribution in [1.29, 1.82) is 0 Å². The summed E-state index contributed by atoms with van der Waals surface area (Å²) >= 11 is 6.97. The van der Waals surface area contributed by atoms with Gasteiger partial charge in [-0.05, 0) is 5.56 Å². The van der Waals surface area contributed by atoms with Gasteiger partial charge in [0.15, 0.2) is 5.78 Å². The van der Waals surface area contributed by atoms with Gasteiger partial charge in [-0.25, -0.2) is 4.98 Å². The van der Waals surface area contributed by atoms with Gasteiger partial charge in [0.05, 0.1) is 10.9 Å². The second-order valence-corrected chi connectivity index (χ2v) is 4.56. The van der Waals surface area contributed by atoms with Crippen molar-refractivity contribution >= 4 is 28.7 Å². The predicted molar refractivity (Wildman–Crippen MR) is 66.4 cm³/mol. The quantitative estimate of drug-likeness (QED) is 0.617. The zero-order valence-electron chi connectivity index (χ0n) is 8.52. The SMILES string of the molecule is O=C(CCl)c1csc(Cc2ccccc2)n1. The van der Waals surface area contributed by atoms with Gasteiger partial charge in [-0.3, -0.25) is 4.79 Å². The molecular formula is C12H10ClNOS. The first-order chi connectivity index (χ1) is 7.79. The normalized spacial score (nSPS) is 10.3. The van der Waals surface area contributed by atoms with E-state index in [1.807, 2.05) is 30.3 Å². The smallest absolute Gasteiger partial charge is 0.196 e. The van der Waals surface area contributed by atoms with E-state index >= 15 is 0 Å². The van der Waals surface area contributed by atoms with Crippen LogP contribution >= 0.6 is 22.9 Å². The molecular weight excluding hydrogens is 242 g/mol. The average molecular weight is 252 g/mol. The highest BCUT2D eigenvalue weighted by Crippen LogP contribution is 2.15. The second kappa shape index (κ2) is 5.23. The van der Waals surface area contributed by atoms with Crippen LogP contribution < -0.4 is 0 Å². The van der Waals surface area contributed by atoms with Gasteiger partial charge in [0, 0.05) is 11.8 Å². The third kappa shape index (κ3) is 2.68. The van der Waals surface area contributed by atoms with Crippen molar-refractivity contribution in [1.82, 2.24) is 4.98 Å². The Bertz CT molecular complexity index is 481. The van der Waals surface area contributed by atoms with E-state index in [1.54, 1.807) is 5.38 Å². The minimum absolute atomic E-state index is 0.00545. The number of alkyl halides is 1. The molecule has 4 heteroatoms. The number of rotatable bonds is 4. The third-order valence-electron chi connectivity index (χ3n) is 2.16. The molecule has 1 heterocycles. The highest BCUT2D eigenvalue weighted by atomic mass is 35.5. The zero-order chi connectivity index (χ0) is 11.4. The lowest BCUT2D eigenvalue weighted by Gasteiger charge is -1.95. The molecule has 1 aromatic heterocycles. The number of hydrogen-bond acceptors (Lipinski definition) is 3. The summed E-state index contributed by atoms with van der Waals surface area (Å²) in [5, 5.41) is 2.71. The van der Waals surface area contributed by atoms with E-state index in [9.17, 15) is 4.79 Å². The molecule has 0 fully saturated rings. The van der Waals surface area contributed by atoms with E-state index in [-0.39, 0.29) is 11.7 Å². The van der Waals surface area contributed by atoms with Crippen LogP contribution in [0.1, 0.15) is 21.1 Å². The van der Waals surface area contributed by atoms with Crippen molar-refractivity contribution in [3.63, 3.8) is 0 Å². The van der Waals surface area contributed by atoms with Gasteiger partial charge in [0.2, 0.25) is 0 Å². The lowest BCUT2D eigenvalue weighted by atomic mass is 10.2. The molecule has 82 valence electrons. The first-order valence-corrected chi connectivity index (χ1v) is 6.28. The maximum absolute atomic E-state index is 11.3. The van der Waals surface area contributed by atoms with Crippen LogP contribution in [0.3, 0.4) is 0 Å². The first-order valence-electron chi connectivity index (χ1n) is 4.87. The van der Waals surface area contributed by atoms with Crippen LogP contribution in [0.25, 0.3) is 0 Å². The molecule has 1 aromatic carbocycles. The zero-order valence-corrected chi connectivity index (χ0v) is 10.1. The number of halogens is 1. The van der Waals surface area contributed by atoms with E-state index in [1.165, 1.54) is 16.9 Å². The first kappa shape index (κ1) is 11.3. The molecule has 2 aromatic rings. The summed E-state index contributed by atoms with van der Waals surface area (Å²) in [4.78, 5) is 15.6. The molecule has 0 saturated heterocycles. The summed E-state index contributed by atoms with van der Waals surface area (Å²) in [6.07, 6.45) is 0.765. The molecule has 0 spiro atoms. The van der Waals surface area contributed by atoms with E-state index in [0.29, 0.717) is 5.69 Å². The Balaban J connectivity index is 2.12. The number of nitrogens with zero attached hydrogens (tertiary/aromatic N) is 1. The summed E-state index contributed by atoms with van der Waals surface area (Å²) in [5.74, 6) is -0.119. The Morgan fingerprint density at radius 1 is 1.31 bits per heavy atom. The van der Waals surface area contributed by atoms with Crippen LogP contribution in [0.2, 0.25) is 0 Å². The van der Waals surface area contributed by atoms with Crippen LogP contribution in [0.5, 0.6) is 0 Å². The third-order valence-corrected chi connectivity index (χ3v) is 3.25. The number of carbonyl (C=O) groups excluding carboxylic acids is 1. The largest absolute Gasteiger partial charge is 0.291 e. The highest BCUT2D eigenvalue weighted by molar-refractivity contribution is 7.09. The number of aromatic nitrogens is 1. The minimum Gasteiger partial charge on any atom is -0.291 e. The van der Waals surface area contributed by atoms with Crippen molar-refractivity contribution in [2.75, 3.05) is 5.88 Å². The van der Waals surface area contributed by atoms with Crippen LogP contribution in [-0.4, -0.2) is 16.6 Å². The minimum atomic E-state index is -0.114. The van der Waals surface area contributed by atoms with E-state index in [2.05, 4.69) is 4.98 Å².